The monoisotopic (exact) mass is 749 g/mol. The van der Waals surface area contributed by atoms with Crippen LogP contribution >= 0.6 is 11.3 Å². The van der Waals surface area contributed by atoms with E-state index in [2.05, 4.69) is 31.7 Å². The molecule has 3 aromatic heterocycles. The first-order valence-corrected chi connectivity index (χ1v) is 18.0. The fourth-order valence-electron chi connectivity index (χ4n) is 7.46. The number of piperidine rings is 2. The summed E-state index contributed by atoms with van der Waals surface area (Å²) in [4.78, 5) is 34.6. The first-order valence-electron chi connectivity index (χ1n) is 17.1. The molecule has 2 saturated heterocycles. The van der Waals surface area contributed by atoms with Crippen LogP contribution in [-0.4, -0.2) is 78.5 Å². The minimum absolute atomic E-state index is 0.0221. The highest BCUT2D eigenvalue weighted by Gasteiger charge is 2.56. The van der Waals surface area contributed by atoms with Crippen LogP contribution in [0.15, 0.2) is 54.2 Å². The van der Waals surface area contributed by atoms with Crippen molar-refractivity contribution in [2.75, 3.05) is 19.6 Å². The van der Waals surface area contributed by atoms with Crippen LogP contribution in [0.25, 0.3) is 0 Å². The lowest BCUT2D eigenvalue weighted by Crippen LogP contribution is -2.68. The molecular formula is C35H37F6N7O3S. The van der Waals surface area contributed by atoms with Gasteiger partial charge in [-0.05, 0) is 55.2 Å². The van der Waals surface area contributed by atoms with Crippen LogP contribution in [0.4, 0.5) is 26.3 Å². The van der Waals surface area contributed by atoms with E-state index in [-0.39, 0.29) is 37.5 Å². The number of likely N-dealkylation sites (tertiary alicyclic amines) is 2. The Morgan fingerprint density at radius 3 is 2.48 bits per heavy atom. The second kappa shape index (κ2) is 15.2. The van der Waals surface area contributed by atoms with Gasteiger partial charge in [0.1, 0.15) is 10.6 Å². The standard InChI is InChI=1S/C35H37F6N7O3S/c1-2-6-28-33(51-24-19-29(52-21-24)35(39,40)41,14-5-16-48(28)31(49)26-20-42-15-11-27(26)34(36,37)38)32(50)47-17-12-23(13-18-47)25-8-4-3-7-22(25)9-10-30-43-45-46-44-30/h3-4,7-8,11,15,19-21,23,28H,2,5-6,9-10,12-14,16-18H2,1H3,(H,43,44,45,46)/t28-,33?/m0/s1. The molecule has 2 aliphatic heterocycles. The lowest BCUT2D eigenvalue weighted by Gasteiger charge is -2.50. The average molecular weight is 750 g/mol. The Kier molecular flexibility index (Phi) is 10.9. The molecule has 2 atom stereocenters. The fraction of sp³-hybridized carbons (Fsp3) is 0.486. The summed E-state index contributed by atoms with van der Waals surface area (Å²) in [6.45, 7) is 2.43. The number of hydrogen-bond acceptors (Lipinski definition) is 8. The van der Waals surface area contributed by atoms with Gasteiger partial charge in [0.15, 0.2) is 5.82 Å². The van der Waals surface area contributed by atoms with Gasteiger partial charge in [-0.25, -0.2) is 0 Å². The first kappa shape index (κ1) is 37.2. The molecule has 2 fully saturated rings. The predicted molar refractivity (Wildman–Crippen MR) is 177 cm³/mol. The van der Waals surface area contributed by atoms with Gasteiger partial charge in [-0.2, -0.15) is 31.6 Å². The van der Waals surface area contributed by atoms with Crippen LogP contribution in [-0.2, 0) is 30.0 Å². The number of aromatic amines is 1. The maximum absolute atomic E-state index is 14.9. The number of benzene rings is 1. The highest BCUT2D eigenvalue weighted by atomic mass is 32.1. The SMILES string of the molecule is CCC[C@@H]1N(C(=O)c2cnccc2C(F)(F)F)CCCC1(Oc1csc(C(F)(F)F)c1)C(=O)N1CCC(c2ccccc2CCc2nn[nH]n2)CC1. The van der Waals surface area contributed by atoms with Gasteiger partial charge in [0.05, 0.1) is 17.2 Å². The Balaban J connectivity index is 1.30. The number of carbonyl (C=O) groups is 2. The molecular weight excluding hydrogens is 712 g/mol. The van der Waals surface area contributed by atoms with E-state index in [1.807, 2.05) is 18.2 Å². The van der Waals surface area contributed by atoms with Crippen molar-refractivity contribution < 1.29 is 40.7 Å². The molecule has 0 aliphatic carbocycles. The molecule has 52 heavy (non-hydrogen) atoms. The normalized spacial score (nSPS) is 20.2. The number of nitrogens with zero attached hydrogens (tertiary/aromatic N) is 6. The number of ether oxygens (including phenoxy) is 1. The molecule has 5 heterocycles. The predicted octanol–water partition coefficient (Wildman–Crippen LogP) is 7.11. The van der Waals surface area contributed by atoms with Crippen molar-refractivity contribution in [3.05, 3.63) is 87.1 Å². The Morgan fingerprint density at radius 1 is 1.04 bits per heavy atom. The minimum Gasteiger partial charge on any atom is -0.474 e. The summed E-state index contributed by atoms with van der Waals surface area (Å²) in [5.74, 6) is -0.973. The van der Waals surface area contributed by atoms with Crippen LogP contribution in [0, 0.1) is 0 Å². The maximum atomic E-state index is 14.9. The second-order valence-corrected chi connectivity index (χ2v) is 14.0. The zero-order valence-electron chi connectivity index (χ0n) is 28.2. The van der Waals surface area contributed by atoms with Crippen molar-refractivity contribution in [2.45, 2.75) is 88.2 Å². The quantitative estimate of drug-likeness (QED) is 0.172. The number of hydrogen-bond donors (Lipinski definition) is 1. The Labute approximate surface area is 299 Å². The summed E-state index contributed by atoms with van der Waals surface area (Å²) >= 11 is 0.415. The van der Waals surface area contributed by atoms with E-state index in [4.69, 9.17) is 4.74 Å². The Morgan fingerprint density at radius 2 is 1.81 bits per heavy atom. The summed E-state index contributed by atoms with van der Waals surface area (Å²) in [6.07, 6.45) is -4.49. The number of amides is 2. The van der Waals surface area contributed by atoms with Crippen LogP contribution in [0.5, 0.6) is 5.75 Å². The van der Waals surface area contributed by atoms with Crippen LogP contribution in [0.3, 0.4) is 0 Å². The smallest absolute Gasteiger partial charge is 0.425 e. The van der Waals surface area contributed by atoms with Gasteiger partial charge in [-0.1, -0.05) is 42.8 Å². The van der Waals surface area contributed by atoms with Crippen molar-refractivity contribution in [3.8, 4) is 5.75 Å². The van der Waals surface area contributed by atoms with Gasteiger partial charge in [0.25, 0.3) is 11.8 Å². The molecule has 4 aromatic rings. The van der Waals surface area contributed by atoms with Crippen LogP contribution < -0.4 is 4.74 Å². The summed E-state index contributed by atoms with van der Waals surface area (Å²) in [6, 6.07) is 8.48. The number of H-pyrrole nitrogens is 1. The molecule has 2 aliphatic rings. The Bertz CT molecular complexity index is 1840. The number of aryl methyl sites for hydroxylation is 2. The van der Waals surface area contributed by atoms with Crippen LogP contribution in [0.1, 0.15) is 89.1 Å². The largest absolute Gasteiger partial charge is 0.474 e. The molecule has 0 radical (unpaired) electrons. The van der Waals surface area contributed by atoms with E-state index < -0.39 is 51.8 Å². The van der Waals surface area contributed by atoms with Crippen molar-refractivity contribution >= 4 is 23.2 Å². The number of rotatable bonds is 10. The van der Waals surface area contributed by atoms with E-state index in [0.717, 1.165) is 35.7 Å². The number of tetrazole rings is 1. The summed E-state index contributed by atoms with van der Waals surface area (Å²) in [7, 11) is 0. The van der Waals surface area contributed by atoms with Crippen LogP contribution in [0.2, 0.25) is 0 Å². The third-order valence-electron chi connectivity index (χ3n) is 9.84. The van der Waals surface area contributed by atoms with Crippen molar-refractivity contribution in [1.29, 1.82) is 0 Å². The number of aromatic nitrogens is 5. The van der Waals surface area contributed by atoms with Gasteiger partial charge in [0.2, 0.25) is 5.60 Å². The molecule has 10 nitrogen and oxygen atoms in total. The third kappa shape index (κ3) is 7.78. The van der Waals surface area contributed by atoms with E-state index in [9.17, 15) is 35.9 Å². The fourth-order valence-corrected chi connectivity index (χ4v) is 8.14. The van der Waals surface area contributed by atoms with Gasteiger partial charge in [-0.3, -0.25) is 14.6 Å². The van der Waals surface area contributed by atoms with E-state index in [1.54, 1.807) is 11.8 Å². The zero-order valence-corrected chi connectivity index (χ0v) is 29.0. The molecule has 0 spiro atoms. The van der Waals surface area contributed by atoms with Crippen molar-refractivity contribution in [3.63, 3.8) is 0 Å². The van der Waals surface area contributed by atoms with Crippen molar-refractivity contribution in [1.82, 2.24) is 35.4 Å². The molecule has 1 aromatic carbocycles. The highest BCUT2D eigenvalue weighted by molar-refractivity contribution is 7.10. The molecule has 2 amide bonds. The highest BCUT2D eigenvalue weighted by Crippen LogP contribution is 2.43. The molecule has 1 N–H and O–H groups in total. The number of nitrogens with one attached hydrogen (secondary N) is 1. The molecule has 1 unspecified atom stereocenters. The molecule has 0 bridgehead atoms. The van der Waals surface area contributed by atoms with Crippen molar-refractivity contribution in [2.24, 2.45) is 0 Å². The lowest BCUT2D eigenvalue weighted by molar-refractivity contribution is -0.160. The van der Waals surface area contributed by atoms with Gasteiger partial charge >= 0.3 is 12.4 Å². The second-order valence-electron chi connectivity index (χ2n) is 13.1. The number of thiophene rings is 1. The molecule has 0 saturated carbocycles. The topological polar surface area (TPSA) is 117 Å². The van der Waals surface area contributed by atoms with Gasteiger partial charge < -0.3 is 14.5 Å². The summed E-state index contributed by atoms with van der Waals surface area (Å²) in [5, 5.41) is 15.3. The zero-order chi connectivity index (χ0) is 37.1. The molecule has 278 valence electrons. The number of carbonyl (C=O) groups excluding carboxylic acids is 2. The van der Waals surface area contributed by atoms with Gasteiger partial charge in [0, 0.05) is 56.3 Å². The minimum atomic E-state index is -4.85. The van der Waals surface area contributed by atoms with E-state index in [0.29, 0.717) is 62.4 Å². The first-order chi connectivity index (χ1) is 24.8. The van der Waals surface area contributed by atoms with E-state index >= 15 is 0 Å². The number of alkyl halides is 6. The number of pyridine rings is 1. The maximum Gasteiger partial charge on any atom is 0.425 e. The molecule has 17 heteroatoms. The lowest BCUT2D eigenvalue weighted by atomic mass is 9.78. The summed E-state index contributed by atoms with van der Waals surface area (Å²) < 4.78 is 89.4. The molecule has 6 rings (SSSR count). The third-order valence-corrected chi connectivity index (χ3v) is 10.8. The summed E-state index contributed by atoms with van der Waals surface area (Å²) in [5.41, 5.74) is -1.44. The Hall–Kier alpha value is -4.54. The average Bonchev–Trinajstić information content (AvgIpc) is 3.84. The van der Waals surface area contributed by atoms with Gasteiger partial charge in [-0.15, -0.1) is 21.5 Å². The van der Waals surface area contributed by atoms with E-state index in [1.165, 1.54) is 10.3 Å². The number of halogens is 6.